The van der Waals surface area contributed by atoms with Gasteiger partial charge in [0, 0.05) is 7.05 Å². The largest absolute Gasteiger partial charge is 0.326 e. The molecule has 1 radical (unpaired) electrons. The molecule has 1 aromatic rings. The second kappa shape index (κ2) is 3.30. The number of nitriles is 1. The number of aromatic nitrogens is 1. The third-order valence-corrected chi connectivity index (χ3v) is 4.15. The van der Waals surface area contributed by atoms with E-state index in [4.69, 9.17) is 5.26 Å². The molecule has 0 saturated heterocycles. The van der Waals surface area contributed by atoms with Crippen molar-refractivity contribution >= 4 is 47.8 Å². The first-order chi connectivity index (χ1) is 5.09. The third kappa shape index (κ3) is 1.40. The Hall–Kier alpha value is 0.210. The van der Waals surface area contributed by atoms with E-state index in [1.807, 2.05) is 6.07 Å². The second-order valence-corrected chi connectivity index (χ2v) is 4.11. The van der Waals surface area contributed by atoms with Gasteiger partial charge in [0.05, 0.1) is 10.0 Å². The topological polar surface area (TPSA) is 28.7 Å². The summed E-state index contributed by atoms with van der Waals surface area (Å²) in [7, 11) is 3.69. The van der Waals surface area contributed by atoms with Crippen molar-refractivity contribution in [1.29, 1.82) is 5.26 Å². The molecule has 0 saturated carbocycles. The Balaban J connectivity index is 3.51. The van der Waals surface area contributed by atoms with E-state index in [-0.39, 0.29) is 0 Å². The first-order valence-electron chi connectivity index (χ1n) is 2.55. The fraction of sp³-hybridized carbons (Fsp3) is 0. The van der Waals surface area contributed by atoms with Crippen LogP contribution in [0.2, 0.25) is 0 Å². The first-order valence-corrected chi connectivity index (χ1v) is 4.93. The molecule has 57 valence electrons. The maximum absolute atomic E-state index is 8.67. The highest BCUT2D eigenvalue weighted by Gasteiger charge is 2.14. The summed E-state index contributed by atoms with van der Waals surface area (Å²) in [4.78, 5) is 0. The lowest BCUT2D eigenvalue weighted by Gasteiger charge is -1.93. The lowest BCUT2D eigenvalue weighted by Crippen LogP contribution is -1.83. The smallest absolute Gasteiger partial charge is 0.105 e. The number of nitrogens with zero attached hydrogens (tertiary/aromatic N) is 2. The fourth-order valence-electron chi connectivity index (χ4n) is 0.629. The molecule has 0 aliphatic heterocycles. The van der Waals surface area contributed by atoms with Crippen LogP contribution in [0.15, 0.2) is 13.7 Å². The molecular weight excluding hydrogens is 340 g/mol. The van der Waals surface area contributed by atoms with Gasteiger partial charge < -0.3 is 4.57 Å². The molecule has 0 bridgehead atoms. The maximum atomic E-state index is 8.67. The van der Waals surface area contributed by atoms with Crippen molar-refractivity contribution in [3.05, 3.63) is 26.3 Å². The predicted molar refractivity (Wildman–Crippen MR) is 53.0 cm³/mol. The minimum Gasteiger partial charge on any atom is -0.326 e. The summed E-state index contributed by atoms with van der Waals surface area (Å²) in [6.45, 7) is 0. The molecule has 1 rings (SSSR count). The molecule has 0 aliphatic carbocycles. The quantitative estimate of drug-likeness (QED) is 0.712. The summed E-state index contributed by atoms with van der Waals surface area (Å²) in [5.41, 5.74) is 0.548. The van der Waals surface area contributed by atoms with Gasteiger partial charge in [-0.25, -0.2) is 0 Å². The number of rotatable bonds is 0. The Labute approximate surface area is 89.6 Å². The summed E-state index contributed by atoms with van der Waals surface area (Å²) < 4.78 is 3.73. The van der Waals surface area contributed by atoms with Gasteiger partial charge in [-0.15, -0.1) is 0 Å². The standard InChI is InChI=1S/C6H2Br3N2/c1-11-5(8)3(2-10)4(7)6(11)9/h1H2. The van der Waals surface area contributed by atoms with Gasteiger partial charge >= 0.3 is 0 Å². The monoisotopic (exact) mass is 339 g/mol. The molecule has 1 aromatic heterocycles. The van der Waals surface area contributed by atoms with Gasteiger partial charge in [-0.05, 0) is 47.8 Å². The molecule has 0 aromatic carbocycles. The van der Waals surface area contributed by atoms with Crippen molar-refractivity contribution in [2.75, 3.05) is 0 Å². The molecule has 0 fully saturated rings. The fourth-order valence-corrected chi connectivity index (χ4v) is 2.46. The van der Waals surface area contributed by atoms with Crippen molar-refractivity contribution in [1.82, 2.24) is 4.57 Å². The van der Waals surface area contributed by atoms with Crippen molar-refractivity contribution in [3.63, 3.8) is 0 Å². The zero-order chi connectivity index (χ0) is 8.59. The average molecular weight is 342 g/mol. The van der Waals surface area contributed by atoms with Gasteiger partial charge in [0.25, 0.3) is 0 Å². The SMILES string of the molecule is [CH2]n1c(Br)c(Br)c(C#N)c1Br. The molecule has 0 atom stereocenters. The molecule has 0 amide bonds. The molecule has 11 heavy (non-hydrogen) atoms. The molecule has 0 N–H and O–H groups in total. The van der Waals surface area contributed by atoms with Crippen LogP contribution in [0.25, 0.3) is 0 Å². The van der Waals surface area contributed by atoms with E-state index in [1.165, 1.54) is 0 Å². The summed E-state index contributed by atoms with van der Waals surface area (Å²) in [5, 5.41) is 8.67. The zero-order valence-corrected chi connectivity index (χ0v) is 9.99. The minimum absolute atomic E-state index is 0.548. The van der Waals surface area contributed by atoms with Gasteiger partial charge in [-0.2, -0.15) is 5.26 Å². The lowest BCUT2D eigenvalue weighted by atomic mass is 10.4. The van der Waals surface area contributed by atoms with Crippen LogP contribution in [-0.4, -0.2) is 4.57 Å². The van der Waals surface area contributed by atoms with Crippen LogP contribution in [0.4, 0.5) is 0 Å². The Morgan fingerprint density at radius 1 is 1.27 bits per heavy atom. The molecule has 2 nitrogen and oxygen atoms in total. The zero-order valence-electron chi connectivity index (χ0n) is 5.24. The number of halogens is 3. The Morgan fingerprint density at radius 3 is 2.00 bits per heavy atom. The molecule has 5 heteroatoms. The molecule has 0 unspecified atom stereocenters. The van der Waals surface area contributed by atoms with Gasteiger partial charge in [0.1, 0.15) is 15.3 Å². The highest BCUT2D eigenvalue weighted by molar-refractivity contribution is 9.13. The van der Waals surface area contributed by atoms with E-state index in [9.17, 15) is 0 Å². The van der Waals surface area contributed by atoms with E-state index < -0.39 is 0 Å². The maximum Gasteiger partial charge on any atom is 0.105 e. The summed E-state index contributed by atoms with van der Waals surface area (Å²) in [5.74, 6) is 0. The van der Waals surface area contributed by atoms with Crippen LogP contribution in [0, 0.1) is 18.4 Å². The van der Waals surface area contributed by atoms with E-state index in [1.54, 1.807) is 4.57 Å². The Bertz CT molecular complexity index is 309. The first kappa shape index (κ1) is 9.30. The predicted octanol–water partition coefficient (Wildman–Crippen LogP) is 3.29. The van der Waals surface area contributed by atoms with E-state index in [2.05, 4.69) is 54.8 Å². The van der Waals surface area contributed by atoms with Crippen molar-refractivity contribution in [2.45, 2.75) is 0 Å². The molecule has 0 aliphatic rings. The van der Waals surface area contributed by atoms with Crippen LogP contribution in [0.1, 0.15) is 5.56 Å². The van der Waals surface area contributed by atoms with Crippen molar-refractivity contribution in [3.8, 4) is 6.07 Å². The minimum atomic E-state index is 0.548. The van der Waals surface area contributed by atoms with E-state index in [0.29, 0.717) is 10.2 Å². The van der Waals surface area contributed by atoms with Crippen LogP contribution < -0.4 is 0 Å². The third-order valence-electron chi connectivity index (χ3n) is 1.19. The highest BCUT2D eigenvalue weighted by Crippen LogP contribution is 2.34. The van der Waals surface area contributed by atoms with Crippen molar-refractivity contribution in [2.24, 2.45) is 0 Å². The van der Waals surface area contributed by atoms with Crippen LogP contribution in [0.5, 0.6) is 0 Å². The van der Waals surface area contributed by atoms with Gasteiger partial charge in [0.2, 0.25) is 0 Å². The van der Waals surface area contributed by atoms with Gasteiger partial charge in [0.15, 0.2) is 0 Å². The van der Waals surface area contributed by atoms with Gasteiger partial charge in [-0.3, -0.25) is 0 Å². The van der Waals surface area contributed by atoms with Crippen LogP contribution in [0.3, 0.4) is 0 Å². The molecule has 1 heterocycles. The lowest BCUT2D eigenvalue weighted by molar-refractivity contribution is 1.02. The van der Waals surface area contributed by atoms with Crippen LogP contribution in [-0.2, 0) is 0 Å². The summed E-state index contributed by atoms with van der Waals surface area (Å²) >= 11 is 9.75. The summed E-state index contributed by atoms with van der Waals surface area (Å²) in [6.07, 6.45) is 0. The molecular formula is C6H2Br3N2. The average Bonchev–Trinajstić information content (AvgIpc) is 2.17. The Kier molecular flexibility index (Phi) is 2.79. The number of hydrogen-bond donors (Lipinski definition) is 0. The van der Waals surface area contributed by atoms with E-state index >= 15 is 0 Å². The number of hydrogen-bond acceptors (Lipinski definition) is 1. The normalized spacial score (nSPS) is 9.73. The summed E-state index contributed by atoms with van der Waals surface area (Å²) in [6, 6.07) is 2.04. The van der Waals surface area contributed by atoms with Crippen molar-refractivity contribution < 1.29 is 0 Å². The second-order valence-electron chi connectivity index (χ2n) is 1.81. The Morgan fingerprint density at radius 2 is 1.82 bits per heavy atom. The molecule has 0 spiro atoms. The van der Waals surface area contributed by atoms with Gasteiger partial charge in [-0.1, -0.05) is 0 Å². The van der Waals surface area contributed by atoms with E-state index in [0.717, 1.165) is 9.08 Å². The highest BCUT2D eigenvalue weighted by atomic mass is 79.9. The van der Waals surface area contributed by atoms with Crippen LogP contribution >= 0.6 is 47.8 Å².